The summed E-state index contributed by atoms with van der Waals surface area (Å²) >= 11 is 0. The average molecular weight is 294 g/mol. The van der Waals surface area contributed by atoms with Crippen molar-refractivity contribution in [3.63, 3.8) is 0 Å². The number of primary sulfonamides is 1. The number of hydrogen-bond acceptors (Lipinski definition) is 4. The molecule has 0 amide bonds. The predicted octanol–water partition coefficient (Wildman–Crippen LogP) is 2.09. The Labute approximate surface area is 118 Å². The van der Waals surface area contributed by atoms with Crippen LogP contribution >= 0.6 is 0 Å². The minimum absolute atomic E-state index is 0.138. The zero-order valence-electron chi connectivity index (χ0n) is 11.5. The second-order valence-electron chi connectivity index (χ2n) is 4.78. The van der Waals surface area contributed by atoms with Gasteiger partial charge in [-0.05, 0) is 31.5 Å². The summed E-state index contributed by atoms with van der Waals surface area (Å²) in [7, 11) is -3.77. The fraction of sp³-hybridized carbons (Fsp3) is 0.286. The van der Waals surface area contributed by atoms with Gasteiger partial charge in [-0.1, -0.05) is 29.8 Å². The molecule has 2 aromatic rings. The van der Waals surface area contributed by atoms with Crippen molar-refractivity contribution < 1.29 is 12.8 Å². The van der Waals surface area contributed by atoms with E-state index in [0.717, 1.165) is 5.56 Å². The Morgan fingerprint density at radius 1 is 1.20 bits per heavy atom. The maximum Gasteiger partial charge on any atom is 0.271 e. The third-order valence-corrected chi connectivity index (χ3v) is 3.86. The smallest absolute Gasteiger partial charge is 0.271 e. The van der Waals surface area contributed by atoms with Crippen LogP contribution in [0, 0.1) is 6.92 Å². The molecule has 0 spiro atoms. The van der Waals surface area contributed by atoms with Crippen LogP contribution < -0.4 is 10.5 Å². The van der Waals surface area contributed by atoms with E-state index in [-0.39, 0.29) is 11.1 Å². The molecule has 20 heavy (non-hydrogen) atoms. The lowest BCUT2D eigenvalue weighted by molar-refractivity contribution is 0.393. The Balaban J connectivity index is 1.98. The highest BCUT2D eigenvalue weighted by molar-refractivity contribution is 7.89. The van der Waals surface area contributed by atoms with E-state index in [0.29, 0.717) is 12.3 Å². The molecule has 1 aromatic carbocycles. The second-order valence-corrected chi connectivity index (χ2v) is 6.27. The summed E-state index contributed by atoms with van der Waals surface area (Å²) in [6.07, 6.45) is 0. The van der Waals surface area contributed by atoms with Gasteiger partial charge in [0.05, 0.1) is 6.54 Å². The van der Waals surface area contributed by atoms with Crippen LogP contribution in [0.25, 0.3) is 0 Å². The highest BCUT2D eigenvalue weighted by Gasteiger charge is 2.13. The van der Waals surface area contributed by atoms with Gasteiger partial charge in [0.15, 0.2) is 0 Å². The van der Waals surface area contributed by atoms with Gasteiger partial charge in [0.2, 0.25) is 5.09 Å². The maximum atomic E-state index is 11.1. The van der Waals surface area contributed by atoms with Gasteiger partial charge in [-0.3, -0.25) is 0 Å². The number of hydrogen-bond donors (Lipinski definition) is 2. The van der Waals surface area contributed by atoms with Crippen LogP contribution in [-0.2, 0) is 16.6 Å². The van der Waals surface area contributed by atoms with Gasteiger partial charge >= 0.3 is 0 Å². The number of aryl methyl sites for hydroxylation is 1. The second kappa shape index (κ2) is 5.78. The van der Waals surface area contributed by atoms with Crippen LogP contribution in [0.2, 0.25) is 0 Å². The fourth-order valence-electron chi connectivity index (χ4n) is 1.83. The number of rotatable bonds is 5. The highest BCUT2D eigenvalue weighted by Crippen LogP contribution is 2.16. The molecule has 5 nitrogen and oxygen atoms in total. The van der Waals surface area contributed by atoms with Gasteiger partial charge < -0.3 is 9.73 Å². The largest absolute Gasteiger partial charge is 0.447 e. The number of nitrogens with two attached hydrogens (primary N) is 1. The van der Waals surface area contributed by atoms with Crippen molar-refractivity contribution in [3.05, 3.63) is 53.3 Å². The first-order valence-corrected chi connectivity index (χ1v) is 7.82. The summed E-state index contributed by atoms with van der Waals surface area (Å²) in [5.41, 5.74) is 2.37. The minimum Gasteiger partial charge on any atom is -0.447 e. The van der Waals surface area contributed by atoms with E-state index in [1.165, 1.54) is 11.6 Å². The van der Waals surface area contributed by atoms with Crippen molar-refractivity contribution in [1.82, 2.24) is 5.32 Å². The normalized spacial score (nSPS) is 13.3. The predicted molar refractivity (Wildman–Crippen MR) is 76.5 cm³/mol. The maximum absolute atomic E-state index is 11.1. The van der Waals surface area contributed by atoms with Crippen molar-refractivity contribution in [2.45, 2.75) is 31.5 Å². The molecular weight excluding hydrogens is 276 g/mol. The molecule has 0 fully saturated rings. The lowest BCUT2D eigenvalue weighted by Crippen LogP contribution is -2.17. The summed E-state index contributed by atoms with van der Waals surface area (Å²) < 4.78 is 27.4. The highest BCUT2D eigenvalue weighted by atomic mass is 32.2. The lowest BCUT2D eigenvalue weighted by atomic mass is 10.1. The lowest BCUT2D eigenvalue weighted by Gasteiger charge is -2.13. The summed E-state index contributed by atoms with van der Waals surface area (Å²) in [5.74, 6) is 0.535. The van der Waals surface area contributed by atoms with Crippen molar-refractivity contribution in [3.8, 4) is 0 Å². The molecule has 0 aliphatic rings. The summed E-state index contributed by atoms with van der Waals surface area (Å²) in [6, 6.07) is 11.3. The molecule has 0 aliphatic heterocycles. The summed E-state index contributed by atoms with van der Waals surface area (Å²) in [5, 5.41) is 8.05. The third-order valence-electron chi connectivity index (χ3n) is 3.08. The molecule has 0 unspecified atom stereocenters. The van der Waals surface area contributed by atoms with Gasteiger partial charge in [-0.2, -0.15) is 0 Å². The Kier molecular flexibility index (Phi) is 4.27. The summed E-state index contributed by atoms with van der Waals surface area (Å²) in [4.78, 5) is 0. The van der Waals surface area contributed by atoms with E-state index in [4.69, 9.17) is 9.56 Å². The Morgan fingerprint density at radius 2 is 1.85 bits per heavy atom. The quantitative estimate of drug-likeness (QED) is 0.884. The van der Waals surface area contributed by atoms with Crippen molar-refractivity contribution in [2.24, 2.45) is 5.14 Å². The first kappa shape index (κ1) is 14.8. The van der Waals surface area contributed by atoms with E-state index < -0.39 is 10.0 Å². The van der Waals surface area contributed by atoms with Crippen LogP contribution in [0.5, 0.6) is 0 Å². The zero-order chi connectivity index (χ0) is 14.8. The van der Waals surface area contributed by atoms with Crippen LogP contribution in [0.3, 0.4) is 0 Å². The Bertz CT molecular complexity index is 675. The number of benzene rings is 1. The third kappa shape index (κ3) is 3.69. The van der Waals surface area contributed by atoms with Crippen molar-refractivity contribution >= 4 is 10.0 Å². The average Bonchev–Trinajstić information content (AvgIpc) is 2.85. The van der Waals surface area contributed by atoms with Crippen LogP contribution in [0.1, 0.15) is 29.9 Å². The molecule has 108 valence electrons. The first-order chi connectivity index (χ1) is 9.36. The van der Waals surface area contributed by atoms with E-state index in [1.807, 2.05) is 13.8 Å². The van der Waals surface area contributed by atoms with Crippen molar-refractivity contribution in [2.75, 3.05) is 0 Å². The fourth-order valence-corrected chi connectivity index (χ4v) is 2.31. The molecule has 0 aliphatic carbocycles. The van der Waals surface area contributed by atoms with Gasteiger partial charge in [-0.15, -0.1) is 0 Å². The minimum atomic E-state index is -3.77. The summed E-state index contributed by atoms with van der Waals surface area (Å²) in [6.45, 7) is 4.51. The van der Waals surface area contributed by atoms with Gasteiger partial charge in [-0.25, -0.2) is 13.6 Å². The molecule has 0 radical (unpaired) electrons. The molecule has 2 rings (SSSR count). The topological polar surface area (TPSA) is 85.3 Å². The van der Waals surface area contributed by atoms with Crippen LogP contribution in [0.4, 0.5) is 0 Å². The van der Waals surface area contributed by atoms with Gasteiger partial charge in [0.25, 0.3) is 10.0 Å². The molecule has 1 atom stereocenters. The first-order valence-electron chi connectivity index (χ1n) is 6.28. The molecule has 0 saturated carbocycles. The van der Waals surface area contributed by atoms with E-state index in [9.17, 15) is 8.42 Å². The molecule has 1 heterocycles. The number of nitrogens with one attached hydrogen (secondary N) is 1. The zero-order valence-corrected chi connectivity index (χ0v) is 12.3. The SMILES string of the molecule is Cc1ccc([C@@H](C)NCc2ccc(S(N)(=O)=O)o2)cc1. The van der Waals surface area contributed by atoms with E-state index in [1.54, 1.807) is 6.07 Å². The monoisotopic (exact) mass is 294 g/mol. The van der Waals surface area contributed by atoms with Gasteiger partial charge in [0, 0.05) is 6.04 Å². The van der Waals surface area contributed by atoms with Gasteiger partial charge in [0.1, 0.15) is 5.76 Å². The van der Waals surface area contributed by atoms with E-state index in [2.05, 4.69) is 29.6 Å². The molecule has 6 heteroatoms. The van der Waals surface area contributed by atoms with Crippen LogP contribution in [-0.4, -0.2) is 8.42 Å². The molecular formula is C14H18N2O3S. The van der Waals surface area contributed by atoms with E-state index >= 15 is 0 Å². The molecule has 0 saturated heterocycles. The van der Waals surface area contributed by atoms with Crippen molar-refractivity contribution in [1.29, 1.82) is 0 Å². The molecule has 0 bridgehead atoms. The Morgan fingerprint density at radius 3 is 2.40 bits per heavy atom. The van der Waals surface area contributed by atoms with Crippen LogP contribution in [0.15, 0.2) is 45.9 Å². The number of sulfonamides is 1. The Hall–Kier alpha value is -1.63. The number of furan rings is 1. The standard InChI is InChI=1S/C14H18N2O3S/c1-10-3-5-12(6-4-10)11(2)16-9-13-7-8-14(19-13)20(15,17)18/h3-8,11,16H,9H2,1-2H3,(H2,15,17,18)/t11-/m1/s1. The molecule has 1 aromatic heterocycles. The molecule has 3 N–H and O–H groups in total.